The molecule has 0 rings (SSSR count). The number of hydrogen-bond donors (Lipinski definition) is 1. The van der Waals surface area contributed by atoms with E-state index in [2.05, 4.69) is 5.32 Å². The number of nitrogens with one attached hydrogen (secondary N) is 1. The zero-order valence-electron chi connectivity index (χ0n) is 17.7. The predicted molar refractivity (Wildman–Crippen MR) is 97.5 cm³/mol. The van der Waals surface area contributed by atoms with Gasteiger partial charge in [-0.05, 0) is 6.92 Å². The lowest BCUT2D eigenvalue weighted by atomic mass is 10.0. The Balaban J connectivity index is 6.34. The molecule has 1 N–H and O–H groups in total. The lowest BCUT2D eigenvalue weighted by Gasteiger charge is -2.34. The molecule has 30 heavy (non-hydrogen) atoms. The van der Waals surface area contributed by atoms with Crippen molar-refractivity contribution in [1.82, 2.24) is 5.32 Å². The van der Waals surface area contributed by atoms with Crippen LogP contribution in [0.5, 0.6) is 0 Å². The van der Waals surface area contributed by atoms with Crippen molar-refractivity contribution in [1.29, 1.82) is 0 Å². The molecule has 0 aromatic rings. The molecular formula is C18H27NO11. The van der Waals surface area contributed by atoms with E-state index in [9.17, 15) is 28.8 Å². The van der Waals surface area contributed by atoms with Crippen LogP contribution in [0.4, 0.5) is 0 Å². The van der Waals surface area contributed by atoms with Gasteiger partial charge in [-0.1, -0.05) is 0 Å². The van der Waals surface area contributed by atoms with Crippen molar-refractivity contribution in [3.63, 3.8) is 0 Å². The van der Waals surface area contributed by atoms with Gasteiger partial charge in [0.1, 0.15) is 6.61 Å². The Hall–Kier alpha value is -3.18. The summed E-state index contributed by atoms with van der Waals surface area (Å²) in [6, 6.07) is 0. The summed E-state index contributed by atoms with van der Waals surface area (Å²) in [4.78, 5) is 70.2. The summed E-state index contributed by atoms with van der Waals surface area (Å²) >= 11 is 0. The van der Waals surface area contributed by atoms with E-state index < -0.39 is 66.8 Å². The molecule has 1 amide bonds. The Morgan fingerprint density at radius 3 is 1.53 bits per heavy atom. The zero-order chi connectivity index (χ0) is 23.4. The first kappa shape index (κ1) is 26.8. The number of ether oxygens (including phenoxy) is 5. The highest BCUT2D eigenvalue weighted by molar-refractivity contribution is 5.84. The molecule has 0 saturated carbocycles. The first-order chi connectivity index (χ1) is 13.9. The highest BCUT2D eigenvalue weighted by Crippen LogP contribution is 2.20. The summed E-state index contributed by atoms with van der Waals surface area (Å²) in [5.74, 6) is -5.13. The van der Waals surface area contributed by atoms with Crippen molar-refractivity contribution in [2.45, 2.75) is 66.0 Å². The number of carbonyl (C=O) groups excluding carboxylic acids is 6. The van der Waals surface area contributed by atoms with Gasteiger partial charge in [0, 0.05) is 41.2 Å². The quantitative estimate of drug-likeness (QED) is 0.327. The van der Waals surface area contributed by atoms with E-state index in [1.165, 1.54) is 0 Å². The second-order valence-corrected chi connectivity index (χ2v) is 6.02. The van der Waals surface area contributed by atoms with E-state index in [1.54, 1.807) is 6.92 Å². The van der Waals surface area contributed by atoms with Crippen LogP contribution in [0.25, 0.3) is 0 Å². The first-order valence-corrected chi connectivity index (χ1v) is 8.98. The molecule has 0 aliphatic rings. The molecule has 0 aromatic carbocycles. The molecule has 12 nitrogen and oxygen atoms in total. The average molecular weight is 433 g/mol. The summed E-state index contributed by atoms with van der Waals surface area (Å²) in [6.07, 6.45) is -6.61. The van der Waals surface area contributed by atoms with Crippen LogP contribution in [-0.2, 0) is 52.5 Å². The van der Waals surface area contributed by atoms with Gasteiger partial charge in [-0.3, -0.25) is 28.8 Å². The second kappa shape index (κ2) is 13.1. The van der Waals surface area contributed by atoms with Gasteiger partial charge in [-0.15, -0.1) is 0 Å². The molecule has 0 aliphatic heterocycles. The van der Waals surface area contributed by atoms with Crippen molar-refractivity contribution >= 4 is 35.8 Å². The van der Waals surface area contributed by atoms with Gasteiger partial charge >= 0.3 is 29.8 Å². The Bertz CT molecular complexity index is 661. The monoisotopic (exact) mass is 433 g/mol. The minimum atomic E-state index is -1.76. The summed E-state index contributed by atoms with van der Waals surface area (Å²) < 4.78 is 25.2. The summed E-state index contributed by atoms with van der Waals surface area (Å²) in [5.41, 5.74) is 0. The molecule has 0 heterocycles. The fourth-order valence-electron chi connectivity index (χ4n) is 2.37. The van der Waals surface area contributed by atoms with E-state index in [-0.39, 0.29) is 6.54 Å². The Morgan fingerprint density at radius 2 is 1.13 bits per heavy atom. The molecule has 170 valence electrons. The number of esters is 5. The van der Waals surface area contributed by atoms with E-state index in [0.29, 0.717) is 0 Å². The molecule has 12 heteroatoms. The molecule has 0 fully saturated rings. The number of amides is 1. The smallest absolute Gasteiger partial charge is 0.303 e. The number of carbonyl (C=O) groups is 6. The van der Waals surface area contributed by atoms with E-state index in [0.717, 1.165) is 34.6 Å². The first-order valence-electron chi connectivity index (χ1n) is 8.98. The van der Waals surface area contributed by atoms with Gasteiger partial charge in [-0.2, -0.15) is 0 Å². The van der Waals surface area contributed by atoms with Gasteiger partial charge in [0.2, 0.25) is 6.10 Å². The predicted octanol–water partition coefficient (Wildman–Crippen LogP) is -0.588. The highest BCUT2D eigenvalue weighted by Gasteiger charge is 2.46. The largest absolute Gasteiger partial charge is 0.462 e. The maximum Gasteiger partial charge on any atom is 0.303 e. The molecule has 0 unspecified atom stereocenters. The van der Waals surface area contributed by atoms with Gasteiger partial charge in [0.15, 0.2) is 18.3 Å². The topological polar surface area (TPSA) is 161 Å². The SMILES string of the molecule is CCNC(=O)[C@H](OC(C)=O)[C@@H](OC(C)=O)[C@H](OC(C)=O)[C@@H](COC(C)=O)OC(C)=O. The van der Waals surface area contributed by atoms with Crippen molar-refractivity contribution in [3.8, 4) is 0 Å². The lowest BCUT2D eigenvalue weighted by Crippen LogP contribution is -2.57. The van der Waals surface area contributed by atoms with Crippen LogP contribution < -0.4 is 5.32 Å². The van der Waals surface area contributed by atoms with Crippen LogP contribution in [0.15, 0.2) is 0 Å². The van der Waals surface area contributed by atoms with Crippen LogP contribution in [0.2, 0.25) is 0 Å². The third kappa shape index (κ3) is 10.4. The lowest BCUT2D eigenvalue weighted by molar-refractivity contribution is -0.203. The second-order valence-electron chi connectivity index (χ2n) is 6.02. The fourth-order valence-corrected chi connectivity index (χ4v) is 2.37. The van der Waals surface area contributed by atoms with Gasteiger partial charge in [0.25, 0.3) is 5.91 Å². The molecule has 0 bridgehead atoms. The normalized spacial score (nSPS) is 14.2. The highest BCUT2D eigenvalue weighted by atomic mass is 16.6. The summed E-state index contributed by atoms with van der Waals surface area (Å²) in [6.45, 7) is 6.31. The Labute approximate surface area is 173 Å². The maximum atomic E-state index is 12.5. The molecular weight excluding hydrogens is 406 g/mol. The van der Waals surface area contributed by atoms with Gasteiger partial charge in [-0.25, -0.2) is 0 Å². The summed E-state index contributed by atoms with van der Waals surface area (Å²) in [5, 5.41) is 2.40. The Kier molecular flexibility index (Phi) is 11.7. The van der Waals surface area contributed by atoms with Crippen molar-refractivity contribution in [2.24, 2.45) is 0 Å². The van der Waals surface area contributed by atoms with E-state index >= 15 is 0 Å². The molecule has 0 aliphatic carbocycles. The standard InChI is InChI=1S/C18H27NO11/c1-7-19-18(25)17(30-13(6)24)16(29-12(5)23)15(28-11(4)22)14(27-10(3)21)8-26-9(2)20/h14-17H,7-8H2,1-6H3,(H,19,25)/t14-,15-,16+,17-/m1/s1. The molecule has 0 saturated heterocycles. The molecule has 0 radical (unpaired) electrons. The number of rotatable bonds is 11. The third-order valence-electron chi connectivity index (χ3n) is 3.26. The van der Waals surface area contributed by atoms with Crippen LogP contribution in [0, 0.1) is 0 Å². The van der Waals surface area contributed by atoms with Crippen molar-refractivity contribution < 1.29 is 52.5 Å². The zero-order valence-corrected chi connectivity index (χ0v) is 17.7. The van der Waals surface area contributed by atoms with Crippen molar-refractivity contribution in [2.75, 3.05) is 13.2 Å². The van der Waals surface area contributed by atoms with Gasteiger partial charge < -0.3 is 29.0 Å². The number of hydrogen-bond acceptors (Lipinski definition) is 11. The minimum absolute atomic E-state index is 0.141. The van der Waals surface area contributed by atoms with Crippen LogP contribution in [0.3, 0.4) is 0 Å². The minimum Gasteiger partial charge on any atom is -0.462 e. The van der Waals surface area contributed by atoms with Crippen LogP contribution >= 0.6 is 0 Å². The molecule has 0 aromatic heterocycles. The van der Waals surface area contributed by atoms with E-state index in [1.807, 2.05) is 0 Å². The maximum absolute atomic E-state index is 12.5. The van der Waals surface area contributed by atoms with Crippen LogP contribution in [0.1, 0.15) is 41.5 Å². The average Bonchev–Trinajstić information content (AvgIpc) is 2.59. The van der Waals surface area contributed by atoms with Crippen molar-refractivity contribution in [3.05, 3.63) is 0 Å². The fraction of sp³-hybridized carbons (Fsp3) is 0.667. The third-order valence-corrected chi connectivity index (χ3v) is 3.26. The molecule has 4 atom stereocenters. The van der Waals surface area contributed by atoms with Crippen LogP contribution in [-0.4, -0.2) is 73.3 Å². The summed E-state index contributed by atoms with van der Waals surface area (Å²) in [7, 11) is 0. The van der Waals surface area contributed by atoms with Gasteiger partial charge in [0.05, 0.1) is 0 Å². The molecule has 0 spiro atoms. The Morgan fingerprint density at radius 1 is 0.667 bits per heavy atom. The number of likely N-dealkylation sites (N-methyl/N-ethyl adjacent to an activating group) is 1. The van der Waals surface area contributed by atoms with E-state index in [4.69, 9.17) is 23.7 Å².